The highest BCUT2D eigenvalue weighted by Gasteiger charge is 2.21. The molecule has 1 aliphatic heterocycles. The second kappa shape index (κ2) is 2.67. The second-order valence-corrected chi connectivity index (χ2v) is 3.06. The number of aliphatic hydroxyl groups excluding tert-OH is 1. The van der Waals surface area contributed by atoms with Crippen LogP contribution in [0.1, 0.15) is 20.3 Å². The molecule has 2 heteroatoms. The fourth-order valence-electron chi connectivity index (χ4n) is 1.24. The molecular formula is C7H15NO. The minimum absolute atomic E-state index is 0.115. The zero-order chi connectivity index (χ0) is 6.85. The molecule has 2 N–H and O–H groups in total. The van der Waals surface area contributed by atoms with Crippen molar-refractivity contribution in [2.45, 2.75) is 32.4 Å². The van der Waals surface area contributed by atoms with Gasteiger partial charge in [0, 0.05) is 12.6 Å². The van der Waals surface area contributed by atoms with E-state index in [1.807, 2.05) is 0 Å². The number of rotatable bonds is 0. The number of hydrogen-bond donors (Lipinski definition) is 2. The third-order valence-electron chi connectivity index (χ3n) is 2.17. The predicted octanol–water partition coefficient (Wildman–Crippen LogP) is 0.365. The molecule has 1 aliphatic rings. The monoisotopic (exact) mass is 129 g/mol. The summed E-state index contributed by atoms with van der Waals surface area (Å²) < 4.78 is 0. The first-order valence-corrected chi connectivity index (χ1v) is 3.61. The van der Waals surface area contributed by atoms with Crippen molar-refractivity contribution in [3.8, 4) is 0 Å². The first kappa shape index (κ1) is 7.03. The topological polar surface area (TPSA) is 32.3 Å². The van der Waals surface area contributed by atoms with Gasteiger partial charge in [0.05, 0.1) is 6.10 Å². The van der Waals surface area contributed by atoms with Gasteiger partial charge in [-0.15, -0.1) is 0 Å². The molecule has 0 aromatic carbocycles. The first-order chi connectivity index (χ1) is 4.20. The quantitative estimate of drug-likeness (QED) is 0.495. The van der Waals surface area contributed by atoms with Gasteiger partial charge in [-0.05, 0) is 19.3 Å². The van der Waals surface area contributed by atoms with Gasteiger partial charge in [0.1, 0.15) is 0 Å². The van der Waals surface area contributed by atoms with Crippen molar-refractivity contribution in [2.75, 3.05) is 6.54 Å². The molecule has 0 radical (unpaired) electrons. The molecule has 1 rings (SSSR count). The van der Waals surface area contributed by atoms with Gasteiger partial charge in [0.15, 0.2) is 0 Å². The van der Waals surface area contributed by atoms with Gasteiger partial charge in [0.25, 0.3) is 0 Å². The molecule has 0 saturated carbocycles. The first-order valence-electron chi connectivity index (χ1n) is 3.61. The van der Waals surface area contributed by atoms with E-state index < -0.39 is 0 Å². The Morgan fingerprint density at radius 2 is 2.11 bits per heavy atom. The minimum atomic E-state index is -0.115. The summed E-state index contributed by atoms with van der Waals surface area (Å²) in [4.78, 5) is 0. The third kappa shape index (κ3) is 1.66. The highest BCUT2D eigenvalue weighted by molar-refractivity contribution is 4.79. The van der Waals surface area contributed by atoms with Crippen molar-refractivity contribution in [3.05, 3.63) is 0 Å². The molecule has 0 aromatic heterocycles. The summed E-state index contributed by atoms with van der Waals surface area (Å²) in [5.41, 5.74) is 0. The molecule has 9 heavy (non-hydrogen) atoms. The zero-order valence-corrected chi connectivity index (χ0v) is 6.09. The summed E-state index contributed by atoms with van der Waals surface area (Å²) >= 11 is 0. The maximum Gasteiger partial charge on any atom is 0.0667 e. The number of β-amino-alcohol motifs (C(OH)–C–C–N with tert-alkyl or cyclic N) is 1. The highest BCUT2D eigenvalue weighted by Crippen LogP contribution is 2.14. The van der Waals surface area contributed by atoms with Crippen LogP contribution in [0.2, 0.25) is 0 Å². The highest BCUT2D eigenvalue weighted by atomic mass is 16.3. The number of piperidine rings is 1. The molecule has 0 aliphatic carbocycles. The molecule has 54 valence electrons. The summed E-state index contributed by atoms with van der Waals surface area (Å²) in [6.45, 7) is 5.10. The average Bonchev–Trinajstić information content (AvgIpc) is 1.80. The van der Waals surface area contributed by atoms with E-state index in [9.17, 15) is 0 Å². The zero-order valence-electron chi connectivity index (χ0n) is 6.09. The summed E-state index contributed by atoms with van der Waals surface area (Å²) in [6, 6.07) is 0.577. The fraction of sp³-hybridized carbons (Fsp3) is 1.00. The SMILES string of the molecule is CC1CC(O)CNC1C. The summed E-state index contributed by atoms with van der Waals surface area (Å²) in [5, 5.41) is 12.4. The van der Waals surface area contributed by atoms with E-state index in [2.05, 4.69) is 19.2 Å². The Hall–Kier alpha value is -0.0800. The van der Waals surface area contributed by atoms with E-state index in [1.54, 1.807) is 0 Å². The van der Waals surface area contributed by atoms with E-state index >= 15 is 0 Å². The van der Waals surface area contributed by atoms with Crippen LogP contribution in [-0.4, -0.2) is 23.8 Å². The van der Waals surface area contributed by atoms with Crippen LogP contribution in [-0.2, 0) is 0 Å². The molecule has 3 atom stereocenters. The maximum absolute atomic E-state index is 9.13. The lowest BCUT2D eigenvalue weighted by molar-refractivity contribution is 0.100. The van der Waals surface area contributed by atoms with E-state index in [0.717, 1.165) is 13.0 Å². The summed E-state index contributed by atoms with van der Waals surface area (Å²) in [6.07, 6.45) is 0.838. The van der Waals surface area contributed by atoms with Gasteiger partial charge in [-0.3, -0.25) is 0 Å². The van der Waals surface area contributed by atoms with Crippen molar-refractivity contribution in [2.24, 2.45) is 5.92 Å². The average molecular weight is 129 g/mol. The predicted molar refractivity (Wildman–Crippen MR) is 37.3 cm³/mol. The molecule has 0 bridgehead atoms. The van der Waals surface area contributed by atoms with Gasteiger partial charge >= 0.3 is 0 Å². The van der Waals surface area contributed by atoms with Crippen LogP contribution in [0.3, 0.4) is 0 Å². The number of aliphatic hydroxyl groups is 1. The third-order valence-corrected chi connectivity index (χ3v) is 2.17. The fourth-order valence-corrected chi connectivity index (χ4v) is 1.24. The Labute approximate surface area is 56.3 Å². The largest absolute Gasteiger partial charge is 0.392 e. The van der Waals surface area contributed by atoms with Crippen molar-refractivity contribution in [3.63, 3.8) is 0 Å². The Bertz CT molecular complexity index is 94.9. The van der Waals surface area contributed by atoms with Gasteiger partial charge in [-0.1, -0.05) is 6.92 Å². The van der Waals surface area contributed by atoms with Crippen LogP contribution in [0.15, 0.2) is 0 Å². The summed E-state index contributed by atoms with van der Waals surface area (Å²) in [5.74, 6) is 0.619. The number of hydrogen-bond acceptors (Lipinski definition) is 2. The molecule has 1 saturated heterocycles. The molecule has 3 unspecified atom stereocenters. The Kier molecular flexibility index (Phi) is 2.09. The minimum Gasteiger partial charge on any atom is -0.392 e. The van der Waals surface area contributed by atoms with Crippen LogP contribution in [0.5, 0.6) is 0 Å². The Balaban J connectivity index is 2.35. The van der Waals surface area contributed by atoms with Gasteiger partial charge < -0.3 is 10.4 Å². The second-order valence-electron chi connectivity index (χ2n) is 3.06. The van der Waals surface area contributed by atoms with Crippen LogP contribution >= 0.6 is 0 Å². The van der Waals surface area contributed by atoms with Gasteiger partial charge in [-0.2, -0.15) is 0 Å². The smallest absolute Gasteiger partial charge is 0.0667 e. The summed E-state index contributed by atoms with van der Waals surface area (Å²) in [7, 11) is 0. The lowest BCUT2D eigenvalue weighted by Gasteiger charge is -2.30. The van der Waals surface area contributed by atoms with Crippen LogP contribution in [0.4, 0.5) is 0 Å². The number of nitrogens with one attached hydrogen (secondary N) is 1. The van der Waals surface area contributed by atoms with Crippen LogP contribution in [0.25, 0.3) is 0 Å². The van der Waals surface area contributed by atoms with Crippen molar-refractivity contribution >= 4 is 0 Å². The van der Waals surface area contributed by atoms with Gasteiger partial charge in [-0.25, -0.2) is 0 Å². The van der Waals surface area contributed by atoms with E-state index in [1.165, 1.54) is 0 Å². The van der Waals surface area contributed by atoms with Crippen LogP contribution < -0.4 is 5.32 Å². The standard InChI is InChI=1S/C7H15NO/c1-5-3-7(9)4-8-6(5)2/h5-9H,3-4H2,1-2H3. The molecular weight excluding hydrogens is 114 g/mol. The lowest BCUT2D eigenvalue weighted by atomic mass is 9.92. The maximum atomic E-state index is 9.13. The molecule has 0 spiro atoms. The van der Waals surface area contributed by atoms with Gasteiger partial charge in [0.2, 0.25) is 0 Å². The molecule has 0 amide bonds. The van der Waals surface area contributed by atoms with E-state index in [0.29, 0.717) is 12.0 Å². The van der Waals surface area contributed by atoms with E-state index in [-0.39, 0.29) is 6.10 Å². The van der Waals surface area contributed by atoms with Crippen LogP contribution in [0, 0.1) is 5.92 Å². The van der Waals surface area contributed by atoms with Crippen molar-refractivity contribution in [1.29, 1.82) is 0 Å². The van der Waals surface area contributed by atoms with Crippen molar-refractivity contribution < 1.29 is 5.11 Å². The molecule has 1 fully saturated rings. The lowest BCUT2D eigenvalue weighted by Crippen LogP contribution is -2.44. The molecule has 1 heterocycles. The van der Waals surface area contributed by atoms with E-state index in [4.69, 9.17) is 5.11 Å². The Morgan fingerprint density at radius 1 is 1.44 bits per heavy atom. The van der Waals surface area contributed by atoms with Crippen molar-refractivity contribution in [1.82, 2.24) is 5.32 Å². The normalized spacial score (nSPS) is 45.0. The molecule has 0 aromatic rings. The Morgan fingerprint density at radius 3 is 2.56 bits per heavy atom. The molecule has 2 nitrogen and oxygen atoms in total.